The maximum atomic E-state index is 12.1. The summed E-state index contributed by atoms with van der Waals surface area (Å²) in [5.74, 6) is 0.127. The molecule has 1 fully saturated rings. The van der Waals surface area contributed by atoms with Gasteiger partial charge in [-0.25, -0.2) is 0 Å². The number of imide groups is 1. The van der Waals surface area contributed by atoms with Crippen LogP contribution in [-0.2, 0) is 4.79 Å². The number of nitrogens with zero attached hydrogens (tertiary/aromatic N) is 2. The van der Waals surface area contributed by atoms with Gasteiger partial charge in [0.15, 0.2) is 0 Å². The summed E-state index contributed by atoms with van der Waals surface area (Å²) < 4.78 is 0. The summed E-state index contributed by atoms with van der Waals surface area (Å²) >= 11 is 7.43. The lowest BCUT2D eigenvalue weighted by Gasteiger charge is -2.45. The van der Waals surface area contributed by atoms with Crippen molar-refractivity contribution in [3.05, 3.63) is 33.2 Å². The number of halogens is 1. The van der Waals surface area contributed by atoms with Crippen LogP contribution in [-0.4, -0.2) is 35.7 Å². The minimum absolute atomic E-state index is 0.0716. The number of anilines is 1. The minimum Gasteiger partial charge on any atom is -0.369 e. The fourth-order valence-electron chi connectivity index (χ4n) is 3.40. The van der Waals surface area contributed by atoms with Crippen LogP contribution in [0.1, 0.15) is 44.2 Å². The lowest BCUT2D eigenvalue weighted by atomic mass is 9.80. The molecule has 2 amide bonds. The van der Waals surface area contributed by atoms with Crippen LogP contribution in [0, 0.1) is 0 Å². The number of carbonyl (C=O) groups is 2. The first kappa shape index (κ1) is 17.4. The van der Waals surface area contributed by atoms with Crippen LogP contribution < -0.4 is 4.90 Å². The molecule has 0 aliphatic carbocycles. The van der Waals surface area contributed by atoms with Crippen molar-refractivity contribution in [1.29, 1.82) is 0 Å². The summed E-state index contributed by atoms with van der Waals surface area (Å²) in [4.78, 5) is 27.5. The van der Waals surface area contributed by atoms with E-state index in [1.54, 1.807) is 6.08 Å². The van der Waals surface area contributed by atoms with Gasteiger partial charge in [0.05, 0.1) is 4.91 Å². The second kappa shape index (κ2) is 5.81. The molecule has 0 saturated carbocycles. The van der Waals surface area contributed by atoms with Crippen molar-refractivity contribution in [3.8, 4) is 0 Å². The average Bonchev–Trinajstić information content (AvgIpc) is 2.73. The highest BCUT2D eigenvalue weighted by atomic mass is 35.5. The molecular weight excluding hydrogens is 344 g/mol. The van der Waals surface area contributed by atoms with Gasteiger partial charge in [0.1, 0.15) is 0 Å². The lowest BCUT2D eigenvalue weighted by molar-refractivity contribution is -0.121. The zero-order valence-corrected chi connectivity index (χ0v) is 16.1. The van der Waals surface area contributed by atoms with Crippen molar-refractivity contribution >= 4 is 46.3 Å². The molecule has 1 saturated heterocycles. The van der Waals surface area contributed by atoms with E-state index >= 15 is 0 Å². The van der Waals surface area contributed by atoms with Crippen molar-refractivity contribution in [3.63, 3.8) is 0 Å². The van der Waals surface area contributed by atoms with Gasteiger partial charge in [-0.05, 0) is 67.3 Å². The third-order valence-electron chi connectivity index (χ3n) is 5.03. The van der Waals surface area contributed by atoms with Gasteiger partial charge in [-0.1, -0.05) is 18.5 Å². The fraction of sp³-hybridized carbons (Fsp3) is 0.444. The Morgan fingerprint density at radius 2 is 1.96 bits per heavy atom. The maximum absolute atomic E-state index is 12.1. The zero-order chi connectivity index (χ0) is 17.8. The second-order valence-corrected chi connectivity index (χ2v) is 8.55. The van der Waals surface area contributed by atoms with E-state index in [9.17, 15) is 9.59 Å². The number of likely N-dealkylation sites (N-methyl/N-ethyl adjacent to an activating group) is 1. The third-order valence-corrected chi connectivity index (χ3v) is 6.31. The molecule has 128 valence electrons. The van der Waals surface area contributed by atoms with Crippen molar-refractivity contribution in [2.75, 3.05) is 19.0 Å². The van der Waals surface area contributed by atoms with E-state index in [4.69, 9.17) is 11.6 Å². The number of hydrogen-bond donors (Lipinski definition) is 0. The number of fused-ring (bicyclic) bond motifs is 1. The molecular formula is C18H21ClN2O2S. The van der Waals surface area contributed by atoms with E-state index in [0.717, 1.165) is 34.3 Å². The first-order valence-electron chi connectivity index (χ1n) is 7.90. The summed E-state index contributed by atoms with van der Waals surface area (Å²) in [5.41, 5.74) is 3.21. The third kappa shape index (κ3) is 2.74. The number of rotatable bonds is 1. The molecule has 24 heavy (non-hydrogen) atoms. The minimum atomic E-state index is -0.273. The van der Waals surface area contributed by atoms with Crippen molar-refractivity contribution < 1.29 is 9.59 Å². The molecule has 1 atom stereocenters. The standard InChI is InChI=1S/C18H21ClN2O2S/c1-10-9-18(2,3)21(5)14-8-13(19)11(6-12(10)14)7-15-16(22)20(4)17(23)24-15/h6-8,10H,9H2,1-5H3/b15-7+/t10-/m0/s1. The lowest BCUT2D eigenvalue weighted by Crippen LogP contribution is -2.45. The highest BCUT2D eigenvalue weighted by molar-refractivity contribution is 8.18. The van der Waals surface area contributed by atoms with Crippen molar-refractivity contribution in [1.82, 2.24) is 4.90 Å². The predicted octanol–water partition coefficient (Wildman–Crippen LogP) is 4.73. The molecule has 2 heterocycles. The van der Waals surface area contributed by atoms with Crippen LogP contribution in [0.5, 0.6) is 0 Å². The molecule has 1 aromatic carbocycles. The molecule has 0 spiro atoms. The van der Waals surface area contributed by atoms with Gasteiger partial charge < -0.3 is 4.90 Å². The zero-order valence-electron chi connectivity index (χ0n) is 14.5. The Labute approximate surface area is 151 Å². The number of benzene rings is 1. The fourth-order valence-corrected chi connectivity index (χ4v) is 4.43. The quantitative estimate of drug-likeness (QED) is 0.675. The van der Waals surface area contributed by atoms with E-state index in [1.165, 1.54) is 12.6 Å². The first-order valence-corrected chi connectivity index (χ1v) is 9.10. The number of carbonyl (C=O) groups excluding carboxylic acids is 2. The van der Waals surface area contributed by atoms with Gasteiger partial charge >= 0.3 is 0 Å². The molecule has 4 nitrogen and oxygen atoms in total. The largest absolute Gasteiger partial charge is 0.369 e. The molecule has 2 aliphatic heterocycles. The van der Waals surface area contributed by atoms with Gasteiger partial charge in [0, 0.05) is 30.3 Å². The summed E-state index contributed by atoms with van der Waals surface area (Å²) in [6, 6.07) is 4.02. The second-order valence-electron chi connectivity index (χ2n) is 7.15. The van der Waals surface area contributed by atoms with Crippen molar-refractivity contribution in [2.45, 2.75) is 38.6 Å². The molecule has 0 unspecified atom stereocenters. The van der Waals surface area contributed by atoms with Crippen LogP contribution in [0.15, 0.2) is 17.0 Å². The average molecular weight is 365 g/mol. The molecule has 0 N–H and O–H groups in total. The topological polar surface area (TPSA) is 40.6 Å². The van der Waals surface area contributed by atoms with Crippen LogP contribution in [0.25, 0.3) is 6.08 Å². The van der Waals surface area contributed by atoms with E-state index in [2.05, 4.69) is 38.8 Å². The Hall–Kier alpha value is -1.46. The van der Waals surface area contributed by atoms with Crippen molar-refractivity contribution in [2.24, 2.45) is 0 Å². The molecule has 6 heteroatoms. The van der Waals surface area contributed by atoms with Gasteiger partial charge in [-0.3, -0.25) is 14.5 Å². The molecule has 1 aromatic rings. The smallest absolute Gasteiger partial charge is 0.293 e. The molecule has 0 bridgehead atoms. The SMILES string of the molecule is C[C@H]1CC(C)(C)N(C)c2cc(Cl)c(/C=C3/SC(=O)N(C)C3=O)cc21. The highest BCUT2D eigenvalue weighted by Crippen LogP contribution is 2.45. The van der Waals surface area contributed by atoms with Gasteiger partial charge in [-0.15, -0.1) is 0 Å². The Balaban J connectivity index is 2.06. The monoisotopic (exact) mass is 364 g/mol. The molecule has 0 radical (unpaired) electrons. The van der Waals surface area contributed by atoms with Crippen LogP contribution in [0.3, 0.4) is 0 Å². The Morgan fingerprint density at radius 3 is 2.54 bits per heavy atom. The Bertz CT molecular complexity index is 773. The summed E-state index contributed by atoms with van der Waals surface area (Å²) in [5, 5.41) is 0.337. The highest BCUT2D eigenvalue weighted by Gasteiger charge is 2.35. The van der Waals surface area contributed by atoms with E-state index < -0.39 is 0 Å². The van der Waals surface area contributed by atoms with E-state index in [0.29, 0.717) is 15.8 Å². The first-order chi connectivity index (χ1) is 11.1. The number of hydrogen-bond acceptors (Lipinski definition) is 4. The number of thioether (sulfide) groups is 1. The van der Waals surface area contributed by atoms with Crippen LogP contribution in [0.4, 0.5) is 10.5 Å². The summed E-state index contributed by atoms with van der Waals surface area (Å²) in [6.07, 6.45) is 2.77. The van der Waals surface area contributed by atoms with E-state index in [1.807, 2.05) is 6.07 Å². The molecule has 0 aromatic heterocycles. The Kier molecular flexibility index (Phi) is 4.21. The van der Waals surface area contributed by atoms with Gasteiger partial charge in [0.2, 0.25) is 0 Å². The summed E-state index contributed by atoms with van der Waals surface area (Å²) in [7, 11) is 3.58. The maximum Gasteiger partial charge on any atom is 0.293 e. The van der Waals surface area contributed by atoms with E-state index in [-0.39, 0.29) is 16.7 Å². The number of amides is 2. The summed E-state index contributed by atoms with van der Waals surface area (Å²) in [6.45, 7) is 6.67. The molecule has 3 rings (SSSR count). The predicted molar refractivity (Wildman–Crippen MR) is 101 cm³/mol. The van der Waals surface area contributed by atoms with Gasteiger partial charge in [-0.2, -0.15) is 0 Å². The van der Waals surface area contributed by atoms with Crippen LogP contribution in [0.2, 0.25) is 5.02 Å². The van der Waals surface area contributed by atoms with Crippen LogP contribution >= 0.6 is 23.4 Å². The Morgan fingerprint density at radius 1 is 1.29 bits per heavy atom. The molecule has 2 aliphatic rings. The van der Waals surface area contributed by atoms with Gasteiger partial charge in [0.25, 0.3) is 11.1 Å². The normalized spacial score (nSPS) is 24.8.